The molecule has 4 aromatic rings. The van der Waals surface area contributed by atoms with E-state index in [1.165, 1.54) is 47.4 Å². The van der Waals surface area contributed by atoms with E-state index in [2.05, 4.69) is 26.1 Å². The highest BCUT2D eigenvalue weighted by Gasteiger charge is 2.20. The van der Waals surface area contributed by atoms with Crippen LogP contribution in [-0.4, -0.2) is 38.1 Å². The highest BCUT2D eigenvalue weighted by molar-refractivity contribution is 8.00. The number of nitro groups is 1. The lowest BCUT2D eigenvalue weighted by molar-refractivity contribution is -0.385. The van der Waals surface area contributed by atoms with Gasteiger partial charge in [-0.3, -0.25) is 29.8 Å². The van der Waals surface area contributed by atoms with Crippen molar-refractivity contribution in [1.82, 2.24) is 15.5 Å². The van der Waals surface area contributed by atoms with Crippen molar-refractivity contribution in [3.63, 3.8) is 0 Å². The van der Waals surface area contributed by atoms with Crippen molar-refractivity contribution in [3.8, 4) is 0 Å². The monoisotopic (exact) mass is 588 g/mol. The molecule has 1 atom stereocenters. The number of hydrogen-bond donors (Lipinski definition) is 3. The zero-order chi connectivity index (χ0) is 29.4. The van der Waals surface area contributed by atoms with Gasteiger partial charge in [0.05, 0.1) is 15.7 Å². The molecule has 0 saturated carbocycles. The summed E-state index contributed by atoms with van der Waals surface area (Å²) in [4.78, 5) is 50.5. The Balaban J connectivity index is 1.53. The summed E-state index contributed by atoms with van der Waals surface area (Å²) in [6.45, 7) is 3.53. The molecule has 0 spiro atoms. The van der Waals surface area contributed by atoms with Crippen molar-refractivity contribution in [1.29, 1.82) is 0 Å². The van der Waals surface area contributed by atoms with Crippen LogP contribution in [0.1, 0.15) is 27.9 Å². The summed E-state index contributed by atoms with van der Waals surface area (Å²) in [5.41, 5.74) is 0.441. The van der Waals surface area contributed by atoms with E-state index in [0.29, 0.717) is 21.3 Å². The zero-order valence-electron chi connectivity index (χ0n) is 21.9. The fourth-order valence-electron chi connectivity index (χ4n) is 3.53. The van der Waals surface area contributed by atoms with Gasteiger partial charge in [-0.2, -0.15) is 0 Å². The SMILES string of the molecule is Cc1nnc(NC(=O)C(C)Sc2cccc(NC(=O)/C(=C\c3ccccc3[N+](=O)[O-])NC(=O)c3ccccc3)c2)s1. The first-order chi connectivity index (χ1) is 19.7. The van der Waals surface area contributed by atoms with E-state index in [-0.39, 0.29) is 22.9 Å². The number of aryl methyl sites for hydroxylation is 1. The molecule has 208 valence electrons. The number of aromatic nitrogens is 2. The first-order valence-electron chi connectivity index (χ1n) is 12.2. The molecule has 0 bridgehead atoms. The lowest BCUT2D eigenvalue weighted by atomic mass is 10.1. The van der Waals surface area contributed by atoms with Crippen LogP contribution in [0.2, 0.25) is 0 Å². The third-order valence-electron chi connectivity index (χ3n) is 5.49. The van der Waals surface area contributed by atoms with Gasteiger partial charge in [0.25, 0.3) is 17.5 Å². The molecule has 0 saturated heterocycles. The largest absolute Gasteiger partial charge is 0.321 e. The number of rotatable bonds is 10. The Hall–Kier alpha value is -4.88. The quantitative estimate of drug-likeness (QED) is 0.0977. The van der Waals surface area contributed by atoms with Crippen molar-refractivity contribution in [2.75, 3.05) is 10.6 Å². The van der Waals surface area contributed by atoms with Crippen LogP contribution in [-0.2, 0) is 9.59 Å². The molecular formula is C28H24N6O5S2. The molecule has 3 aromatic carbocycles. The standard InChI is InChI=1S/C28H24N6O5S2/c1-17(25(35)31-28-33-32-18(2)41-28)40-22-13-8-12-21(16-22)29-27(37)23(30-26(36)19-9-4-3-5-10-19)15-20-11-6-7-14-24(20)34(38)39/h3-17H,1-2H3,(H,29,37)(H,30,36)(H,31,33,35)/b23-15+. The lowest BCUT2D eigenvalue weighted by Crippen LogP contribution is -2.30. The van der Waals surface area contributed by atoms with Gasteiger partial charge in [-0.15, -0.1) is 22.0 Å². The van der Waals surface area contributed by atoms with Gasteiger partial charge < -0.3 is 10.6 Å². The number of hydrogen-bond acceptors (Lipinski definition) is 9. The average Bonchev–Trinajstić information content (AvgIpc) is 3.37. The minimum Gasteiger partial charge on any atom is -0.321 e. The van der Waals surface area contributed by atoms with Gasteiger partial charge in [0.15, 0.2) is 0 Å². The third kappa shape index (κ3) is 8.06. The molecule has 0 aliphatic heterocycles. The van der Waals surface area contributed by atoms with Crippen LogP contribution in [0.25, 0.3) is 6.08 Å². The molecule has 0 aliphatic carbocycles. The zero-order valence-corrected chi connectivity index (χ0v) is 23.5. The van der Waals surface area contributed by atoms with Crippen LogP contribution in [0.5, 0.6) is 0 Å². The molecule has 1 unspecified atom stereocenters. The number of benzene rings is 3. The molecule has 4 rings (SSSR count). The van der Waals surface area contributed by atoms with Crippen LogP contribution in [0.3, 0.4) is 0 Å². The van der Waals surface area contributed by atoms with Gasteiger partial charge in [-0.25, -0.2) is 0 Å². The van der Waals surface area contributed by atoms with Crippen molar-refractivity contribution in [2.24, 2.45) is 0 Å². The van der Waals surface area contributed by atoms with E-state index in [1.807, 2.05) is 0 Å². The van der Waals surface area contributed by atoms with Crippen molar-refractivity contribution in [2.45, 2.75) is 24.0 Å². The van der Waals surface area contributed by atoms with E-state index < -0.39 is 22.0 Å². The molecule has 1 aromatic heterocycles. The molecule has 13 heteroatoms. The summed E-state index contributed by atoms with van der Waals surface area (Å²) < 4.78 is 0. The molecule has 0 radical (unpaired) electrons. The van der Waals surface area contributed by atoms with Gasteiger partial charge in [0, 0.05) is 22.2 Å². The average molecular weight is 589 g/mol. The smallest absolute Gasteiger partial charge is 0.276 e. The number of carbonyl (C=O) groups excluding carboxylic acids is 3. The Labute approximate surface area is 243 Å². The van der Waals surface area contributed by atoms with E-state index >= 15 is 0 Å². The second kappa shape index (κ2) is 13.5. The Morgan fingerprint density at radius 2 is 1.71 bits per heavy atom. The molecule has 11 nitrogen and oxygen atoms in total. The highest BCUT2D eigenvalue weighted by atomic mass is 32.2. The summed E-state index contributed by atoms with van der Waals surface area (Å²) in [5.74, 6) is -1.49. The van der Waals surface area contributed by atoms with Crippen LogP contribution in [0, 0.1) is 17.0 Å². The maximum absolute atomic E-state index is 13.4. The minimum absolute atomic E-state index is 0.144. The van der Waals surface area contributed by atoms with Crippen LogP contribution >= 0.6 is 23.1 Å². The fourth-order valence-corrected chi connectivity index (χ4v) is 5.05. The molecule has 3 N–H and O–H groups in total. The molecule has 1 heterocycles. The van der Waals surface area contributed by atoms with E-state index in [1.54, 1.807) is 74.5 Å². The normalized spacial score (nSPS) is 11.8. The van der Waals surface area contributed by atoms with Crippen LogP contribution in [0.4, 0.5) is 16.5 Å². The maximum atomic E-state index is 13.4. The highest BCUT2D eigenvalue weighted by Crippen LogP contribution is 2.27. The fraction of sp³-hybridized carbons (Fsp3) is 0.107. The Morgan fingerprint density at radius 3 is 2.41 bits per heavy atom. The van der Waals surface area contributed by atoms with E-state index in [0.717, 1.165) is 5.01 Å². The Morgan fingerprint density at radius 1 is 0.976 bits per heavy atom. The summed E-state index contributed by atoms with van der Waals surface area (Å²) in [7, 11) is 0. The number of nitrogens with zero attached hydrogens (tertiary/aromatic N) is 3. The predicted octanol–water partition coefficient (Wildman–Crippen LogP) is 5.28. The van der Waals surface area contributed by atoms with E-state index in [9.17, 15) is 24.5 Å². The molecule has 0 fully saturated rings. The second-order valence-corrected chi connectivity index (χ2v) is 11.1. The second-order valence-electron chi connectivity index (χ2n) is 8.55. The Bertz CT molecular complexity index is 1620. The number of nitro benzene ring substituents is 1. The van der Waals surface area contributed by atoms with Crippen LogP contribution < -0.4 is 16.0 Å². The van der Waals surface area contributed by atoms with Crippen LogP contribution in [0.15, 0.2) is 89.5 Å². The van der Waals surface area contributed by atoms with Gasteiger partial charge >= 0.3 is 0 Å². The third-order valence-corrected chi connectivity index (χ3v) is 7.34. The van der Waals surface area contributed by atoms with Gasteiger partial charge in [0.1, 0.15) is 10.7 Å². The maximum Gasteiger partial charge on any atom is 0.276 e. The van der Waals surface area contributed by atoms with Gasteiger partial charge in [-0.05, 0) is 56.3 Å². The number of amides is 3. The first kappa shape index (κ1) is 29.1. The number of para-hydroxylation sites is 1. The lowest BCUT2D eigenvalue weighted by Gasteiger charge is -2.13. The van der Waals surface area contributed by atoms with Crippen molar-refractivity contribution >= 4 is 63.4 Å². The first-order valence-corrected chi connectivity index (χ1v) is 13.9. The summed E-state index contributed by atoms with van der Waals surface area (Å²) in [5, 5.41) is 28.0. The number of anilines is 2. The topological polar surface area (TPSA) is 156 Å². The minimum atomic E-state index is -0.688. The number of thioether (sulfide) groups is 1. The predicted molar refractivity (Wildman–Crippen MR) is 159 cm³/mol. The summed E-state index contributed by atoms with van der Waals surface area (Å²) in [6, 6.07) is 21.0. The summed E-state index contributed by atoms with van der Waals surface area (Å²) >= 11 is 2.55. The van der Waals surface area contributed by atoms with Crippen molar-refractivity contribution in [3.05, 3.63) is 111 Å². The Kier molecular flexibility index (Phi) is 9.55. The molecule has 0 aliphatic rings. The number of nitrogens with one attached hydrogen (secondary N) is 3. The van der Waals surface area contributed by atoms with Crippen molar-refractivity contribution < 1.29 is 19.3 Å². The molecule has 41 heavy (non-hydrogen) atoms. The molecule has 3 amide bonds. The van der Waals surface area contributed by atoms with Gasteiger partial charge in [-0.1, -0.05) is 47.7 Å². The van der Waals surface area contributed by atoms with E-state index in [4.69, 9.17) is 0 Å². The molecular weight excluding hydrogens is 564 g/mol. The number of carbonyl (C=O) groups is 3. The summed E-state index contributed by atoms with van der Waals surface area (Å²) in [6.07, 6.45) is 1.26. The van der Waals surface area contributed by atoms with Gasteiger partial charge in [0.2, 0.25) is 11.0 Å².